The molecule has 0 atom stereocenters. The zero-order valence-electron chi connectivity index (χ0n) is 19.0. The summed E-state index contributed by atoms with van der Waals surface area (Å²) in [5.41, 5.74) is 2.50. The Morgan fingerprint density at radius 1 is 1.00 bits per heavy atom. The molecule has 0 radical (unpaired) electrons. The highest BCUT2D eigenvalue weighted by Crippen LogP contribution is 2.37. The number of ether oxygens (including phenoxy) is 2. The average molecular weight is 530 g/mol. The number of methoxy groups -OCH3 is 1. The van der Waals surface area contributed by atoms with Crippen molar-refractivity contribution in [2.45, 2.75) is 19.4 Å². The summed E-state index contributed by atoms with van der Waals surface area (Å²) in [5.74, 6) is 0.251. The molecule has 3 rings (SSSR count). The first-order chi connectivity index (χ1) is 16.9. The molecule has 0 aromatic heterocycles. The van der Waals surface area contributed by atoms with Gasteiger partial charge in [-0.1, -0.05) is 71.2 Å². The number of nitrogens with zero attached hydrogens (tertiary/aromatic N) is 1. The third-order valence-electron chi connectivity index (χ3n) is 5.07. The number of hydrogen-bond acceptors (Lipinski definition) is 4. The van der Waals surface area contributed by atoms with E-state index in [0.29, 0.717) is 33.7 Å². The Kier molecular flexibility index (Phi) is 9.86. The van der Waals surface area contributed by atoms with Gasteiger partial charge in [-0.3, -0.25) is 4.79 Å². The molecule has 3 aromatic rings. The van der Waals surface area contributed by atoms with Gasteiger partial charge in [0.2, 0.25) is 0 Å². The minimum atomic E-state index is -0.449. The minimum Gasteiger partial charge on any atom is -0.493 e. The van der Waals surface area contributed by atoms with Gasteiger partial charge in [0.25, 0.3) is 5.91 Å². The number of carbonyl (C=O) groups excluding carboxylic acids is 1. The standard InChI is InChI=1S/C27H23Cl3N2O3/c1-34-25-15-20(14-24(30)26(25)35-17-19-9-10-22(28)23(29)13-19)12-21(16-31)27(33)32-11-5-8-18-6-3-2-4-7-18/h2-4,6-7,9-10,12-15H,5,8,11,17H2,1H3,(H,32,33)/b21-12-. The van der Waals surface area contributed by atoms with E-state index in [-0.39, 0.29) is 17.2 Å². The summed E-state index contributed by atoms with van der Waals surface area (Å²) in [7, 11) is 1.48. The maximum Gasteiger partial charge on any atom is 0.261 e. The molecular weight excluding hydrogens is 507 g/mol. The van der Waals surface area contributed by atoms with Crippen LogP contribution in [0.15, 0.2) is 66.2 Å². The van der Waals surface area contributed by atoms with Crippen LogP contribution < -0.4 is 14.8 Å². The highest BCUT2D eigenvalue weighted by Gasteiger charge is 2.14. The van der Waals surface area contributed by atoms with E-state index in [1.54, 1.807) is 30.3 Å². The Balaban J connectivity index is 1.66. The third kappa shape index (κ3) is 7.66. The Morgan fingerprint density at radius 3 is 2.46 bits per heavy atom. The minimum absolute atomic E-state index is 0.0349. The fourth-order valence-electron chi connectivity index (χ4n) is 3.30. The molecule has 0 spiro atoms. The van der Waals surface area contributed by atoms with E-state index in [9.17, 15) is 10.1 Å². The lowest BCUT2D eigenvalue weighted by Crippen LogP contribution is -2.25. The number of benzene rings is 3. The summed E-state index contributed by atoms with van der Waals surface area (Å²) in [6.45, 7) is 0.648. The Labute approximate surface area is 219 Å². The average Bonchev–Trinajstić information content (AvgIpc) is 2.86. The van der Waals surface area contributed by atoms with E-state index in [0.717, 1.165) is 18.4 Å². The van der Waals surface area contributed by atoms with Gasteiger partial charge < -0.3 is 14.8 Å². The van der Waals surface area contributed by atoms with Crippen molar-refractivity contribution < 1.29 is 14.3 Å². The molecule has 5 nitrogen and oxygen atoms in total. The molecular formula is C27H23Cl3N2O3. The van der Waals surface area contributed by atoms with Crippen LogP contribution in [-0.2, 0) is 17.8 Å². The summed E-state index contributed by atoms with van der Waals surface area (Å²) in [5, 5.41) is 13.4. The van der Waals surface area contributed by atoms with E-state index >= 15 is 0 Å². The number of nitrogens with one attached hydrogen (secondary N) is 1. The molecule has 0 fully saturated rings. The number of carbonyl (C=O) groups is 1. The molecule has 0 heterocycles. The number of halogens is 3. The van der Waals surface area contributed by atoms with Crippen LogP contribution in [0.1, 0.15) is 23.1 Å². The first-order valence-corrected chi connectivity index (χ1v) is 11.9. The second-order valence-electron chi connectivity index (χ2n) is 7.59. The van der Waals surface area contributed by atoms with Crippen LogP contribution in [0.25, 0.3) is 6.08 Å². The van der Waals surface area contributed by atoms with Gasteiger partial charge in [-0.05, 0) is 59.9 Å². The Bertz CT molecular complexity index is 1250. The molecule has 35 heavy (non-hydrogen) atoms. The molecule has 0 unspecified atom stereocenters. The van der Waals surface area contributed by atoms with Gasteiger partial charge in [0, 0.05) is 6.54 Å². The van der Waals surface area contributed by atoms with Gasteiger partial charge in [0.1, 0.15) is 18.2 Å². The number of rotatable bonds is 10. The number of nitriles is 1. The van der Waals surface area contributed by atoms with Crippen LogP contribution in [-0.4, -0.2) is 19.6 Å². The summed E-state index contributed by atoms with van der Waals surface area (Å²) < 4.78 is 11.3. The summed E-state index contributed by atoms with van der Waals surface area (Å²) in [6.07, 6.45) is 3.06. The SMILES string of the molecule is COc1cc(/C=C(/C#N)C(=O)NCCCc2ccccc2)cc(Cl)c1OCc1ccc(Cl)c(Cl)c1. The van der Waals surface area contributed by atoms with Gasteiger partial charge in [-0.25, -0.2) is 0 Å². The molecule has 180 valence electrons. The van der Waals surface area contributed by atoms with Crippen molar-refractivity contribution in [3.63, 3.8) is 0 Å². The fraction of sp³-hybridized carbons (Fsp3) is 0.185. The normalized spacial score (nSPS) is 11.0. The van der Waals surface area contributed by atoms with Crippen molar-refractivity contribution in [2.75, 3.05) is 13.7 Å². The van der Waals surface area contributed by atoms with Crippen molar-refractivity contribution in [3.8, 4) is 17.6 Å². The zero-order chi connectivity index (χ0) is 25.2. The second-order valence-corrected chi connectivity index (χ2v) is 8.81. The van der Waals surface area contributed by atoms with E-state index in [4.69, 9.17) is 44.3 Å². The Morgan fingerprint density at radius 2 is 1.77 bits per heavy atom. The maximum atomic E-state index is 12.5. The maximum absolute atomic E-state index is 12.5. The van der Waals surface area contributed by atoms with Crippen molar-refractivity contribution in [1.29, 1.82) is 5.26 Å². The fourth-order valence-corrected chi connectivity index (χ4v) is 3.89. The monoisotopic (exact) mass is 528 g/mol. The lowest BCUT2D eigenvalue weighted by molar-refractivity contribution is -0.117. The lowest BCUT2D eigenvalue weighted by Gasteiger charge is -2.14. The van der Waals surface area contributed by atoms with Crippen molar-refractivity contribution >= 4 is 46.8 Å². The van der Waals surface area contributed by atoms with Gasteiger partial charge >= 0.3 is 0 Å². The summed E-state index contributed by atoms with van der Waals surface area (Å²) in [6, 6.07) is 20.4. The lowest BCUT2D eigenvalue weighted by atomic mass is 10.1. The second kappa shape index (κ2) is 13.1. The van der Waals surface area contributed by atoms with Gasteiger partial charge in [0.15, 0.2) is 11.5 Å². The molecule has 0 aliphatic rings. The van der Waals surface area contributed by atoms with Crippen LogP contribution in [0, 0.1) is 11.3 Å². The molecule has 0 aliphatic heterocycles. The third-order valence-corrected chi connectivity index (χ3v) is 6.09. The highest BCUT2D eigenvalue weighted by molar-refractivity contribution is 6.42. The molecule has 0 saturated heterocycles. The predicted octanol–water partition coefficient (Wildman–Crippen LogP) is 6.89. The largest absolute Gasteiger partial charge is 0.493 e. The molecule has 0 aliphatic carbocycles. The molecule has 1 amide bonds. The highest BCUT2D eigenvalue weighted by atomic mass is 35.5. The predicted molar refractivity (Wildman–Crippen MR) is 140 cm³/mol. The van der Waals surface area contributed by atoms with Crippen LogP contribution >= 0.6 is 34.8 Å². The molecule has 8 heteroatoms. The van der Waals surface area contributed by atoms with Crippen molar-refractivity contribution in [1.82, 2.24) is 5.32 Å². The molecule has 3 aromatic carbocycles. The first kappa shape index (κ1) is 26.4. The van der Waals surface area contributed by atoms with Crippen LogP contribution in [0.2, 0.25) is 15.1 Å². The first-order valence-electron chi connectivity index (χ1n) is 10.8. The number of hydrogen-bond donors (Lipinski definition) is 1. The number of amides is 1. The smallest absolute Gasteiger partial charge is 0.261 e. The molecule has 0 bridgehead atoms. The summed E-state index contributed by atoms with van der Waals surface area (Å²) >= 11 is 18.5. The van der Waals surface area contributed by atoms with Crippen molar-refractivity contribution in [3.05, 3.63) is 98.0 Å². The quantitative estimate of drug-likeness (QED) is 0.176. The topological polar surface area (TPSA) is 71.3 Å². The van der Waals surface area contributed by atoms with E-state index in [1.165, 1.54) is 18.7 Å². The van der Waals surface area contributed by atoms with Crippen LogP contribution in [0.4, 0.5) is 0 Å². The zero-order valence-corrected chi connectivity index (χ0v) is 21.3. The number of aryl methyl sites for hydroxylation is 1. The van der Waals surface area contributed by atoms with E-state index in [1.807, 2.05) is 36.4 Å². The summed E-state index contributed by atoms with van der Waals surface area (Å²) in [4.78, 5) is 12.5. The van der Waals surface area contributed by atoms with E-state index in [2.05, 4.69) is 5.32 Å². The van der Waals surface area contributed by atoms with Crippen LogP contribution in [0.3, 0.4) is 0 Å². The van der Waals surface area contributed by atoms with Gasteiger partial charge in [-0.2, -0.15) is 5.26 Å². The molecule has 0 saturated carbocycles. The Hall–Kier alpha value is -3.17. The van der Waals surface area contributed by atoms with Crippen molar-refractivity contribution in [2.24, 2.45) is 0 Å². The van der Waals surface area contributed by atoms with E-state index < -0.39 is 5.91 Å². The molecule has 1 N–H and O–H groups in total. The van der Waals surface area contributed by atoms with Gasteiger partial charge in [0.05, 0.1) is 22.2 Å². The van der Waals surface area contributed by atoms with Gasteiger partial charge in [-0.15, -0.1) is 0 Å². The van der Waals surface area contributed by atoms with Crippen LogP contribution in [0.5, 0.6) is 11.5 Å².